The molecule has 0 aliphatic carbocycles. The van der Waals surface area contributed by atoms with Gasteiger partial charge in [0.15, 0.2) is 0 Å². The van der Waals surface area contributed by atoms with Crippen LogP contribution < -0.4 is 0 Å². The summed E-state index contributed by atoms with van der Waals surface area (Å²) in [4.78, 5) is 41.4. The lowest BCUT2D eigenvalue weighted by molar-refractivity contribution is 0.564. The van der Waals surface area contributed by atoms with E-state index in [-0.39, 0.29) is 0 Å². The molecule has 0 saturated heterocycles. The molecule has 0 bridgehead atoms. The Morgan fingerprint density at radius 1 is 0.548 bits per heavy atom. The van der Waals surface area contributed by atoms with Gasteiger partial charge in [0.25, 0.3) is 0 Å². The molecule has 150 valence electrons. The van der Waals surface area contributed by atoms with Crippen LogP contribution in [0, 0.1) is 0 Å². The third-order valence-corrected chi connectivity index (χ3v) is 3.97. The van der Waals surface area contributed by atoms with Crippen molar-refractivity contribution in [3.63, 3.8) is 0 Å². The molecule has 0 N–H and O–H groups in total. The first-order valence-electron chi connectivity index (χ1n) is 9.04. The second-order valence-corrected chi connectivity index (χ2v) is 5.82. The third kappa shape index (κ3) is 6.99. The van der Waals surface area contributed by atoms with Crippen LogP contribution in [0.15, 0.2) is 94.4 Å². The molecule has 3 rings (SSSR count). The van der Waals surface area contributed by atoms with Gasteiger partial charge in [-0.1, -0.05) is 79.4 Å². The predicted molar refractivity (Wildman–Crippen MR) is 122 cm³/mol. The molecule has 0 aromatic heterocycles. The van der Waals surface area contributed by atoms with E-state index in [0.717, 1.165) is 16.7 Å². The lowest BCUT2D eigenvalue weighted by atomic mass is 10.1. The van der Waals surface area contributed by atoms with Crippen LogP contribution in [0.3, 0.4) is 0 Å². The zero-order chi connectivity index (χ0) is 22.3. The first-order valence-corrected chi connectivity index (χ1v) is 9.04. The molecule has 3 aromatic rings. The van der Waals surface area contributed by atoms with E-state index in [1.807, 2.05) is 42.5 Å². The van der Waals surface area contributed by atoms with Crippen molar-refractivity contribution < 1.29 is 14.4 Å². The molecule has 0 atom stereocenters. The van der Waals surface area contributed by atoms with Crippen LogP contribution in [-0.4, -0.2) is 18.2 Å². The van der Waals surface area contributed by atoms with Gasteiger partial charge in [0.2, 0.25) is 18.2 Å². The van der Waals surface area contributed by atoms with Gasteiger partial charge >= 0.3 is 0 Å². The van der Waals surface area contributed by atoms with Crippen molar-refractivity contribution in [2.24, 2.45) is 15.0 Å². The van der Waals surface area contributed by atoms with Crippen molar-refractivity contribution in [1.29, 1.82) is 0 Å². The first-order chi connectivity index (χ1) is 15.2. The lowest BCUT2D eigenvalue weighted by Crippen LogP contribution is -1.76. The number of nitrogens with zero attached hydrogens (tertiary/aromatic N) is 3. The van der Waals surface area contributed by atoms with E-state index >= 15 is 0 Å². The van der Waals surface area contributed by atoms with Crippen molar-refractivity contribution in [3.05, 3.63) is 96.1 Å². The molecule has 0 fully saturated rings. The van der Waals surface area contributed by atoms with Gasteiger partial charge in [0.05, 0.1) is 17.1 Å². The summed E-state index contributed by atoms with van der Waals surface area (Å²) < 4.78 is 0. The molecule has 31 heavy (non-hydrogen) atoms. The van der Waals surface area contributed by atoms with Crippen LogP contribution in [-0.2, 0) is 14.4 Å². The molecule has 3 aromatic carbocycles. The smallest absolute Gasteiger partial charge is 0.211 e. The number of para-hydroxylation sites is 3. The summed E-state index contributed by atoms with van der Waals surface area (Å²) in [5.41, 5.74) is 4.08. The Morgan fingerprint density at radius 3 is 1.23 bits per heavy atom. The van der Waals surface area contributed by atoms with E-state index in [1.165, 1.54) is 18.2 Å². The van der Waals surface area contributed by atoms with Gasteiger partial charge in [-0.2, -0.15) is 15.0 Å². The Kier molecular flexibility index (Phi) is 9.23. The maximum Gasteiger partial charge on any atom is 0.240 e. The van der Waals surface area contributed by atoms with Crippen LogP contribution in [0.5, 0.6) is 0 Å². The fraction of sp³-hybridized carbons (Fsp3) is 0. The van der Waals surface area contributed by atoms with E-state index < -0.39 is 0 Å². The SMILES string of the molecule is C=Cc1ccccc1N=C=O.O=C=Nc1ccccc1C=Cc1ccccc1N=C=O. The van der Waals surface area contributed by atoms with E-state index in [1.54, 1.807) is 48.6 Å². The summed E-state index contributed by atoms with van der Waals surface area (Å²) >= 11 is 0. The van der Waals surface area contributed by atoms with E-state index in [0.29, 0.717) is 17.1 Å². The molecule has 0 heterocycles. The summed E-state index contributed by atoms with van der Waals surface area (Å²) in [6, 6.07) is 21.6. The maximum atomic E-state index is 10.4. The predicted octanol–water partition coefficient (Wildman–Crippen LogP) is 6.09. The summed E-state index contributed by atoms with van der Waals surface area (Å²) in [7, 11) is 0. The van der Waals surface area contributed by atoms with Crippen molar-refractivity contribution in [1.82, 2.24) is 0 Å². The summed E-state index contributed by atoms with van der Waals surface area (Å²) in [5, 5.41) is 0. The standard InChI is InChI=1S/C16H10N2O2.C9H7NO/c19-11-17-15-7-3-1-5-13(15)9-10-14-6-2-4-8-16(14)18-12-20;1-2-8-5-3-4-6-9(8)10-7-11/h1-10H;2-6H,1H2. The number of carbonyl (C=O) groups excluding carboxylic acids is 3. The number of rotatable bonds is 6. The monoisotopic (exact) mass is 407 g/mol. The Balaban J connectivity index is 0.000000262. The average Bonchev–Trinajstić information content (AvgIpc) is 2.81. The van der Waals surface area contributed by atoms with Crippen molar-refractivity contribution >= 4 is 53.5 Å². The first kappa shape index (κ1) is 22.6. The molecule has 6 heteroatoms. The molecule has 0 saturated carbocycles. The van der Waals surface area contributed by atoms with Crippen LogP contribution >= 0.6 is 0 Å². The Bertz CT molecular complexity index is 1160. The topological polar surface area (TPSA) is 88.3 Å². The van der Waals surface area contributed by atoms with Gasteiger partial charge < -0.3 is 0 Å². The fourth-order valence-electron chi connectivity index (χ4n) is 2.55. The minimum Gasteiger partial charge on any atom is -0.211 e. The molecular weight excluding hydrogens is 390 g/mol. The summed E-state index contributed by atoms with van der Waals surface area (Å²) in [5.74, 6) is 0. The second-order valence-electron chi connectivity index (χ2n) is 5.82. The summed E-state index contributed by atoms with van der Waals surface area (Å²) in [6.45, 7) is 3.58. The quantitative estimate of drug-likeness (QED) is 0.281. The minimum absolute atomic E-state index is 0.537. The van der Waals surface area contributed by atoms with Crippen LogP contribution in [0.2, 0.25) is 0 Å². The minimum atomic E-state index is 0.537. The van der Waals surface area contributed by atoms with Gasteiger partial charge in [-0.05, 0) is 18.2 Å². The molecule has 0 unspecified atom stereocenters. The van der Waals surface area contributed by atoms with Gasteiger partial charge in [-0.3, -0.25) is 0 Å². The molecule has 0 radical (unpaired) electrons. The van der Waals surface area contributed by atoms with Crippen molar-refractivity contribution in [2.45, 2.75) is 0 Å². The molecule has 0 aliphatic rings. The normalized spacial score (nSPS) is 9.29. The summed E-state index contributed by atoms with van der Waals surface area (Å²) in [6.07, 6.45) is 9.79. The van der Waals surface area contributed by atoms with Gasteiger partial charge in [0.1, 0.15) is 0 Å². The third-order valence-electron chi connectivity index (χ3n) is 3.97. The highest BCUT2D eigenvalue weighted by atomic mass is 16.1. The number of benzene rings is 3. The van der Waals surface area contributed by atoms with Gasteiger partial charge in [0, 0.05) is 16.7 Å². The highest BCUT2D eigenvalue weighted by Gasteiger charge is 1.99. The molecule has 0 spiro atoms. The molecule has 0 aliphatic heterocycles. The average molecular weight is 407 g/mol. The number of hydrogen-bond donors (Lipinski definition) is 0. The Hall–Kier alpha value is -4.72. The Morgan fingerprint density at radius 2 is 0.871 bits per heavy atom. The molecule has 6 nitrogen and oxygen atoms in total. The zero-order valence-electron chi connectivity index (χ0n) is 16.4. The van der Waals surface area contributed by atoms with Crippen LogP contribution in [0.25, 0.3) is 18.2 Å². The van der Waals surface area contributed by atoms with Gasteiger partial charge in [-0.25, -0.2) is 14.4 Å². The van der Waals surface area contributed by atoms with E-state index in [4.69, 9.17) is 0 Å². The largest absolute Gasteiger partial charge is 0.240 e. The van der Waals surface area contributed by atoms with Gasteiger partial charge in [-0.15, -0.1) is 0 Å². The van der Waals surface area contributed by atoms with Crippen LogP contribution in [0.1, 0.15) is 16.7 Å². The maximum absolute atomic E-state index is 10.4. The highest BCUT2D eigenvalue weighted by Crippen LogP contribution is 2.24. The van der Waals surface area contributed by atoms with Crippen LogP contribution in [0.4, 0.5) is 17.1 Å². The zero-order valence-corrected chi connectivity index (χ0v) is 16.4. The van der Waals surface area contributed by atoms with Crippen molar-refractivity contribution in [3.8, 4) is 0 Å². The number of aliphatic imine (C=N–C) groups is 3. The number of hydrogen-bond acceptors (Lipinski definition) is 6. The van der Waals surface area contributed by atoms with E-state index in [9.17, 15) is 14.4 Å². The molecular formula is C25H17N3O3. The molecule has 0 amide bonds. The fourth-order valence-corrected chi connectivity index (χ4v) is 2.55. The number of isocyanates is 3. The Labute approximate surface area is 179 Å². The lowest BCUT2D eigenvalue weighted by Gasteiger charge is -2.00. The second kappa shape index (κ2) is 12.7. The highest BCUT2D eigenvalue weighted by molar-refractivity contribution is 5.80. The van der Waals surface area contributed by atoms with E-state index in [2.05, 4.69) is 21.6 Å². The van der Waals surface area contributed by atoms with Crippen molar-refractivity contribution in [2.75, 3.05) is 0 Å².